The quantitative estimate of drug-likeness (QED) is 0.584. The molecule has 1 N–H and O–H groups in total. The minimum absolute atomic E-state index is 0.00780. The molecule has 2 fully saturated rings. The van der Waals surface area contributed by atoms with Crippen molar-refractivity contribution in [2.45, 2.75) is 38.3 Å². The highest BCUT2D eigenvalue weighted by Gasteiger charge is 2.59. The minimum Gasteiger partial charge on any atom is -0.474 e. The van der Waals surface area contributed by atoms with E-state index < -0.39 is 0 Å². The number of amides is 1. The molecule has 2 saturated carbocycles. The summed E-state index contributed by atoms with van der Waals surface area (Å²) in [5.41, 5.74) is 1.16. The van der Waals surface area contributed by atoms with Gasteiger partial charge in [0.15, 0.2) is 0 Å². The van der Waals surface area contributed by atoms with Gasteiger partial charge in [-0.1, -0.05) is 24.6 Å². The summed E-state index contributed by atoms with van der Waals surface area (Å²) >= 11 is 5.91. The predicted octanol–water partition coefficient (Wildman–Crippen LogP) is 5.03. The van der Waals surface area contributed by atoms with E-state index in [-0.39, 0.29) is 23.9 Å². The number of aromatic nitrogens is 2. The van der Waals surface area contributed by atoms with Gasteiger partial charge in [-0.15, -0.1) is 0 Å². The molecule has 1 amide bonds. The summed E-state index contributed by atoms with van der Waals surface area (Å²) in [4.78, 5) is 20.9. The number of carbonyl (C=O) groups is 1. The topological polar surface area (TPSA) is 64.1 Å². The van der Waals surface area contributed by atoms with Crippen LogP contribution in [0.3, 0.4) is 0 Å². The lowest BCUT2D eigenvalue weighted by atomic mass is 10.00. The first-order valence-electron chi connectivity index (χ1n) is 10.7. The van der Waals surface area contributed by atoms with Gasteiger partial charge >= 0.3 is 0 Å². The monoisotopic (exact) mass is 439 g/mol. The molecule has 0 radical (unpaired) electrons. The molecule has 0 spiro atoms. The largest absolute Gasteiger partial charge is 0.474 e. The maximum absolute atomic E-state index is 14.3. The summed E-state index contributed by atoms with van der Waals surface area (Å²) in [6.07, 6.45) is 4.08. The molecule has 5 rings (SSSR count). The summed E-state index contributed by atoms with van der Waals surface area (Å²) in [5, 5.41) is 4.15. The molecule has 3 atom stereocenters. The van der Waals surface area contributed by atoms with E-state index in [2.05, 4.69) is 22.2 Å². The lowest BCUT2D eigenvalue weighted by Gasteiger charge is -2.22. The number of rotatable bonds is 6. The average molecular weight is 440 g/mol. The number of nitrogens with one attached hydrogen (secondary N) is 1. The van der Waals surface area contributed by atoms with Gasteiger partial charge in [0.05, 0.1) is 10.9 Å². The van der Waals surface area contributed by atoms with Crippen LogP contribution >= 0.6 is 11.6 Å². The molecule has 5 nitrogen and oxygen atoms in total. The van der Waals surface area contributed by atoms with Crippen molar-refractivity contribution in [3.8, 4) is 5.88 Å². The van der Waals surface area contributed by atoms with Crippen LogP contribution in [0.25, 0.3) is 10.9 Å². The van der Waals surface area contributed by atoms with Gasteiger partial charge in [0.2, 0.25) is 5.88 Å². The molecule has 160 valence electrons. The van der Waals surface area contributed by atoms with Crippen molar-refractivity contribution in [3.63, 3.8) is 0 Å². The molecule has 3 aromatic rings. The van der Waals surface area contributed by atoms with Gasteiger partial charge in [0.1, 0.15) is 18.2 Å². The Hall–Kier alpha value is -2.73. The molecule has 31 heavy (non-hydrogen) atoms. The molecule has 0 aliphatic heterocycles. The molecule has 0 unspecified atom stereocenters. The molecule has 0 bridgehead atoms. The number of benzene rings is 2. The fourth-order valence-electron chi connectivity index (χ4n) is 5.15. The van der Waals surface area contributed by atoms with Crippen LogP contribution in [0, 0.1) is 23.6 Å². The van der Waals surface area contributed by atoms with E-state index in [1.807, 2.05) is 0 Å². The maximum Gasteiger partial charge on any atom is 0.251 e. The summed E-state index contributed by atoms with van der Waals surface area (Å²) in [7, 11) is 0. The smallest absolute Gasteiger partial charge is 0.251 e. The Balaban J connectivity index is 1.22. The highest BCUT2D eigenvalue weighted by molar-refractivity contribution is 6.30. The lowest BCUT2D eigenvalue weighted by molar-refractivity contribution is 0.0924. The van der Waals surface area contributed by atoms with E-state index in [0.29, 0.717) is 45.1 Å². The number of nitrogens with zero attached hydrogens (tertiary/aromatic N) is 2. The molecule has 1 aromatic heterocycles. The van der Waals surface area contributed by atoms with Crippen LogP contribution in [0.2, 0.25) is 5.02 Å². The highest BCUT2D eigenvalue weighted by atomic mass is 35.5. The summed E-state index contributed by atoms with van der Waals surface area (Å²) in [6, 6.07) is 11.9. The highest BCUT2D eigenvalue weighted by Crippen LogP contribution is 2.60. The SMILES string of the molecule is CC[C@H](NC(=O)c1ccc(Cl)cc1)C1[C@H]2CC(Oc3ncnc4cccc(F)c34)C[C@H]12. The van der Waals surface area contributed by atoms with Crippen molar-refractivity contribution in [1.29, 1.82) is 0 Å². The van der Waals surface area contributed by atoms with Gasteiger partial charge in [0.25, 0.3) is 5.91 Å². The number of ether oxygens (including phenoxy) is 1. The van der Waals surface area contributed by atoms with Crippen molar-refractivity contribution in [2.75, 3.05) is 0 Å². The molecule has 1 heterocycles. The van der Waals surface area contributed by atoms with Crippen LogP contribution in [-0.4, -0.2) is 28.0 Å². The fourth-order valence-corrected chi connectivity index (χ4v) is 5.27. The Kier molecular flexibility index (Phi) is 5.26. The van der Waals surface area contributed by atoms with Crippen LogP contribution in [0.5, 0.6) is 5.88 Å². The second kappa shape index (κ2) is 8.08. The lowest BCUT2D eigenvalue weighted by Crippen LogP contribution is -2.37. The minimum atomic E-state index is -0.370. The number of fused-ring (bicyclic) bond motifs is 2. The van der Waals surface area contributed by atoms with Crippen LogP contribution in [0.1, 0.15) is 36.5 Å². The molecule has 0 saturated heterocycles. The maximum atomic E-state index is 14.3. The first kappa shape index (κ1) is 20.2. The third-order valence-corrected chi connectivity index (χ3v) is 6.90. The van der Waals surface area contributed by atoms with Crippen molar-refractivity contribution in [1.82, 2.24) is 15.3 Å². The first-order chi connectivity index (χ1) is 15.0. The Bertz CT molecular complexity index is 1110. The third-order valence-electron chi connectivity index (χ3n) is 6.65. The first-order valence-corrected chi connectivity index (χ1v) is 11.0. The van der Waals surface area contributed by atoms with Gasteiger partial charge in [0, 0.05) is 16.6 Å². The van der Waals surface area contributed by atoms with Gasteiger partial charge in [-0.05, 0) is 73.4 Å². The molecular formula is C24H23ClFN3O2. The zero-order valence-electron chi connectivity index (χ0n) is 17.1. The van der Waals surface area contributed by atoms with Gasteiger partial charge in [-0.2, -0.15) is 0 Å². The Morgan fingerprint density at radius 2 is 1.94 bits per heavy atom. The summed E-state index contributed by atoms with van der Waals surface area (Å²) < 4.78 is 20.4. The zero-order chi connectivity index (χ0) is 21.5. The predicted molar refractivity (Wildman–Crippen MR) is 117 cm³/mol. The molecule has 2 aromatic carbocycles. The van der Waals surface area contributed by atoms with E-state index in [9.17, 15) is 9.18 Å². The van der Waals surface area contributed by atoms with E-state index in [4.69, 9.17) is 16.3 Å². The Morgan fingerprint density at radius 3 is 2.65 bits per heavy atom. The number of hydrogen-bond donors (Lipinski definition) is 1. The molecule has 7 heteroatoms. The molecule has 2 aliphatic carbocycles. The molecule has 2 aliphatic rings. The van der Waals surface area contributed by atoms with Crippen LogP contribution in [0.4, 0.5) is 4.39 Å². The number of hydrogen-bond acceptors (Lipinski definition) is 4. The second-order valence-corrected chi connectivity index (χ2v) is 8.86. The van der Waals surface area contributed by atoms with Crippen molar-refractivity contribution in [2.24, 2.45) is 17.8 Å². The van der Waals surface area contributed by atoms with Gasteiger partial charge in [-0.3, -0.25) is 4.79 Å². The van der Waals surface area contributed by atoms with Crippen molar-refractivity contribution in [3.05, 3.63) is 65.2 Å². The van der Waals surface area contributed by atoms with E-state index >= 15 is 0 Å². The van der Waals surface area contributed by atoms with Crippen molar-refractivity contribution >= 4 is 28.4 Å². The van der Waals surface area contributed by atoms with E-state index in [1.165, 1.54) is 12.4 Å². The number of carbonyl (C=O) groups excluding carboxylic acids is 1. The fraction of sp³-hybridized carbons (Fsp3) is 0.375. The zero-order valence-corrected chi connectivity index (χ0v) is 17.8. The Labute approximate surface area is 185 Å². The molecular weight excluding hydrogens is 417 g/mol. The van der Waals surface area contributed by atoms with Crippen molar-refractivity contribution < 1.29 is 13.9 Å². The standard InChI is InChI=1S/C24H23ClFN3O2/c1-2-19(29-23(30)13-6-8-14(25)9-7-13)21-16-10-15(11-17(16)21)31-24-22-18(26)4-3-5-20(22)27-12-28-24/h3-9,12,15-17,19,21H,2,10-11H2,1H3,(H,29,30)/t15?,16-,17-,19-,21?/m0/s1. The van der Waals surface area contributed by atoms with Gasteiger partial charge in [-0.25, -0.2) is 14.4 Å². The third kappa shape index (κ3) is 3.85. The normalized spacial score (nSPS) is 23.4. The van der Waals surface area contributed by atoms with E-state index in [0.717, 1.165) is 19.3 Å². The van der Waals surface area contributed by atoms with Gasteiger partial charge < -0.3 is 10.1 Å². The average Bonchev–Trinajstić information content (AvgIpc) is 3.26. The van der Waals surface area contributed by atoms with Crippen LogP contribution in [0.15, 0.2) is 48.8 Å². The van der Waals surface area contributed by atoms with Crippen LogP contribution in [-0.2, 0) is 0 Å². The summed E-state index contributed by atoms with van der Waals surface area (Å²) in [5.74, 6) is 1.36. The Morgan fingerprint density at radius 1 is 1.19 bits per heavy atom. The summed E-state index contributed by atoms with van der Waals surface area (Å²) in [6.45, 7) is 2.10. The van der Waals surface area contributed by atoms with E-state index in [1.54, 1.807) is 36.4 Å². The second-order valence-electron chi connectivity index (χ2n) is 8.42. The number of halogens is 2. The van der Waals surface area contributed by atoms with Crippen LogP contribution < -0.4 is 10.1 Å².